The highest BCUT2D eigenvalue weighted by molar-refractivity contribution is 5.94. The lowest BCUT2D eigenvalue weighted by molar-refractivity contribution is 0.0939. The fourth-order valence-electron chi connectivity index (χ4n) is 2.38. The first-order chi connectivity index (χ1) is 12.1. The van der Waals surface area contributed by atoms with E-state index >= 15 is 0 Å². The molecule has 7 heteroatoms. The molecule has 1 aromatic carbocycles. The van der Waals surface area contributed by atoms with E-state index in [9.17, 15) is 9.18 Å². The van der Waals surface area contributed by atoms with Gasteiger partial charge in [0.2, 0.25) is 0 Å². The van der Waals surface area contributed by atoms with Crippen molar-refractivity contribution < 1.29 is 13.9 Å². The van der Waals surface area contributed by atoms with E-state index in [2.05, 4.69) is 15.3 Å². The topological polar surface area (TPSA) is 69.0 Å². The predicted octanol–water partition coefficient (Wildman–Crippen LogP) is 2.91. The summed E-state index contributed by atoms with van der Waals surface area (Å²) in [5.74, 6) is 0.0850. The summed E-state index contributed by atoms with van der Waals surface area (Å²) in [5, 5.41) is 2.83. The number of carbonyl (C=O) groups excluding carboxylic acids is 1. The number of methoxy groups -OCH3 is 1. The Bertz CT molecular complexity index is 863. The summed E-state index contributed by atoms with van der Waals surface area (Å²) >= 11 is 0. The summed E-state index contributed by atoms with van der Waals surface area (Å²) < 4.78 is 20.4. The predicted molar refractivity (Wildman–Crippen MR) is 90.2 cm³/mol. The molecule has 0 bridgehead atoms. The lowest BCUT2D eigenvalue weighted by Crippen LogP contribution is -2.26. The van der Waals surface area contributed by atoms with Gasteiger partial charge in [-0.3, -0.25) is 9.36 Å². The molecule has 25 heavy (non-hydrogen) atoms. The van der Waals surface area contributed by atoms with Gasteiger partial charge in [-0.05, 0) is 36.8 Å². The Morgan fingerprint density at radius 1 is 1.32 bits per heavy atom. The Balaban J connectivity index is 1.70. The highest BCUT2D eigenvalue weighted by Crippen LogP contribution is 2.22. The third-order valence-corrected chi connectivity index (χ3v) is 3.80. The van der Waals surface area contributed by atoms with Crippen LogP contribution in [0.5, 0.6) is 5.75 Å². The molecule has 0 spiro atoms. The van der Waals surface area contributed by atoms with Crippen molar-refractivity contribution in [3.05, 3.63) is 72.2 Å². The number of nitrogens with zero attached hydrogens (tertiary/aromatic N) is 3. The van der Waals surface area contributed by atoms with Crippen LogP contribution in [0.1, 0.15) is 28.9 Å². The molecule has 0 saturated heterocycles. The fraction of sp³-hybridized carbons (Fsp3) is 0.167. The van der Waals surface area contributed by atoms with E-state index in [0.717, 1.165) is 0 Å². The molecular formula is C18H17FN4O2. The highest BCUT2D eigenvalue weighted by atomic mass is 19.1. The molecule has 2 aromatic heterocycles. The van der Waals surface area contributed by atoms with Crippen molar-refractivity contribution in [2.75, 3.05) is 7.11 Å². The second kappa shape index (κ2) is 7.12. The molecule has 0 unspecified atom stereocenters. The molecule has 1 amide bonds. The number of hydrogen-bond donors (Lipinski definition) is 1. The van der Waals surface area contributed by atoms with Crippen LogP contribution in [0, 0.1) is 5.82 Å². The zero-order valence-corrected chi connectivity index (χ0v) is 13.8. The second-order valence-electron chi connectivity index (χ2n) is 5.46. The van der Waals surface area contributed by atoms with Crippen LogP contribution < -0.4 is 10.1 Å². The van der Waals surface area contributed by atoms with E-state index in [4.69, 9.17) is 4.74 Å². The molecule has 3 aromatic rings. The van der Waals surface area contributed by atoms with Crippen molar-refractivity contribution >= 4 is 5.91 Å². The van der Waals surface area contributed by atoms with Crippen LogP contribution in [0.3, 0.4) is 0 Å². The van der Waals surface area contributed by atoms with Crippen LogP contribution in [-0.2, 0) is 0 Å². The van der Waals surface area contributed by atoms with E-state index in [-0.39, 0.29) is 17.7 Å². The average Bonchev–Trinajstić information content (AvgIpc) is 3.16. The Morgan fingerprint density at radius 3 is 2.76 bits per heavy atom. The maximum atomic E-state index is 13.8. The second-order valence-corrected chi connectivity index (χ2v) is 5.46. The van der Waals surface area contributed by atoms with Crippen molar-refractivity contribution in [1.29, 1.82) is 0 Å². The first kappa shape index (κ1) is 16.6. The summed E-state index contributed by atoms with van der Waals surface area (Å²) in [6.45, 7) is 1.78. The van der Waals surface area contributed by atoms with E-state index in [0.29, 0.717) is 16.9 Å². The summed E-state index contributed by atoms with van der Waals surface area (Å²) in [7, 11) is 1.41. The fourth-order valence-corrected chi connectivity index (χ4v) is 2.38. The molecule has 0 saturated carbocycles. The molecule has 2 heterocycles. The van der Waals surface area contributed by atoms with Crippen molar-refractivity contribution in [2.24, 2.45) is 0 Å². The van der Waals surface area contributed by atoms with Crippen molar-refractivity contribution in [1.82, 2.24) is 19.9 Å². The smallest absolute Gasteiger partial charge is 0.253 e. The van der Waals surface area contributed by atoms with Gasteiger partial charge >= 0.3 is 0 Å². The van der Waals surface area contributed by atoms with Crippen molar-refractivity contribution in [3.63, 3.8) is 0 Å². The Kier molecular flexibility index (Phi) is 4.74. The molecular weight excluding hydrogens is 323 g/mol. The summed E-state index contributed by atoms with van der Waals surface area (Å²) in [6, 6.07) is 7.65. The first-order valence-corrected chi connectivity index (χ1v) is 7.67. The average molecular weight is 340 g/mol. The minimum absolute atomic E-state index is 0.168. The molecule has 0 aliphatic heterocycles. The molecule has 0 radical (unpaired) electrons. The van der Waals surface area contributed by atoms with E-state index in [1.807, 2.05) is 0 Å². The SMILES string of the molecule is COc1ccc([C@H](C)NC(=O)c2ccc(-n3ccnc3)nc2)cc1F. The highest BCUT2D eigenvalue weighted by Gasteiger charge is 2.14. The van der Waals surface area contributed by atoms with Gasteiger partial charge in [-0.2, -0.15) is 0 Å². The number of carbonyl (C=O) groups is 1. The van der Waals surface area contributed by atoms with Gasteiger partial charge in [0.05, 0.1) is 18.7 Å². The van der Waals surface area contributed by atoms with Gasteiger partial charge < -0.3 is 10.1 Å². The standard InChI is InChI=1S/C18H17FN4O2/c1-12(13-3-5-16(25-2)15(19)9-13)22-18(24)14-4-6-17(21-10-14)23-8-7-20-11-23/h3-12H,1-2H3,(H,22,24)/t12-/m0/s1. The lowest BCUT2D eigenvalue weighted by Gasteiger charge is -2.15. The quantitative estimate of drug-likeness (QED) is 0.775. The molecule has 0 aliphatic carbocycles. The number of aromatic nitrogens is 3. The zero-order valence-electron chi connectivity index (χ0n) is 13.8. The summed E-state index contributed by atoms with van der Waals surface area (Å²) in [5.41, 5.74) is 1.07. The van der Waals surface area contributed by atoms with Crippen LogP contribution >= 0.6 is 0 Å². The third kappa shape index (κ3) is 3.65. The molecule has 128 valence electrons. The number of benzene rings is 1. The molecule has 0 fully saturated rings. The number of ether oxygens (including phenoxy) is 1. The number of halogens is 1. The number of imidazole rings is 1. The Morgan fingerprint density at radius 2 is 2.16 bits per heavy atom. The maximum absolute atomic E-state index is 13.8. The zero-order chi connectivity index (χ0) is 17.8. The minimum Gasteiger partial charge on any atom is -0.494 e. The molecule has 6 nitrogen and oxygen atoms in total. The van der Waals surface area contributed by atoms with Crippen LogP contribution in [0.4, 0.5) is 4.39 Å². The maximum Gasteiger partial charge on any atom is 0.253 e. The molecule has 3 rings (SSSR count). The van der Waals surface area contributed by atoms with Gasteiger partial charge in [0.15, 0.2) is 11.6 Å². The Labute approximate surface area is 144 Å². The summed E-state index contributed by atoms with van der Waals surface area (Å²) in [6.07, 6.45) is 6.54. The first-order valence-electron chi connectivity index (χ1n) is 7.67. The number of nitrogens with one attached hydrogen (secondary N) is 1. The van der Waals surface area contributed by atoms with Gasteiger partial charge in [-0.15, -0.1) is 0 Å². The van der Waals surface area contributed by atoms with Gasteiger partial charge in [-0.1, -0.05) is 6.07 Å². The van der Waals surface area contributed by atoms with Gasteiger partial charge in [0, 0.05) is 18.6 Å². The number of rotatable bonds is 5. The lowest BCUT2D eigenvalue weighted by atomic mass is 10.1. The molecule has 1 N–H and O–H groups in total. The number of amides is 1. The van der Waals surface area contributed by atoms with Crippen LogP contribution in [0.25, 0.3) is 5.82 Å². The Hall–Kier alpha value is -3.22. The summed E-state index contributed by atoms with van der Waals surface area (Å²) in [4.78, 5) is 20.5. The van der Waals surface area contributed by atoms with E-state index in [1.165, 1.54) is 25.4 Å². The van der Waals surface area contributed by atoms with Gasteiger partial charge in [0.1, 0.15) is 12.1 Å². The van der Waals surface area contributed by atoms with Crippen molar-refractivity contribution in [2.45, 2.75) is 13.0 Å². The van der Waals surface area contributed by atoms with E-state index in [1.54, 1.807) is 48.4 Å². The van der Waals surface area contributed by atoms with Crippen LogP contribution in [0.15, 0.2) is 55.2 Å². The number of pyridine rings is 1. The van der Waals surface area contributed by atoms with Crippen molar-refractivity contribution in [3.8, 4) is 11.6 Å². The number of hydrogen-bond acceptors (Lipinski definition) is 4. The normalized spacial score (nSPS) is 11.8. The van der Waals surface area contributed by atoms with Crippen LogP contribution in [-0.4, -0.2) is 27.6 Å². The third-order valence-electron chi connectivity index (χ3n) is 3.80. The minimum atomic E-state index is -0.465. The van der Waals surface area contributed by atoms with Gasteiger partial charge in [0.25, 0.3) is 5.91 Å². The van der Waals surface area contributed by atoms with E-state index < -0.39 is 5.82 Å². The monoisotopic (exact) mass is 340 g/mol. The largest absolute Gasteiger partial charge is 0.494 e. The van der Waals surface area contributed by atoms with Crippen LogP contribution in [0.2, 0.25) is 0 Å². The molecule has 0 aliphatic rings. The van der Waals surface area contributed by atoms with Gasteiger partial charge in [-0.25, -0.2) is 14.4 Å². The molecule has 1 atom stereocenters.